The lowest BCUT2D eigenvalue weighted by molar-refractivity contribution is 0.635. The Bertz CT molecular complexity index is 736. The van der Waals surface area contributed by atoms with Crippen molar-refractivity contribution in [3.8, 4) is 0 Å². The molecule has 0 amide bonds. The number of benzene rings is 1. The Morgan fingerprint density at radius 1 is 1.23 bits per heavy atom. The molecule has 2 rings (SSSR count). The van der Waals surface area contributed by atoms with Crippen LogP contribution in [0, 0.1) is 20.8 Å². The Labute approximate surface area is 174 Å². The van der Waals surface area contributed by atoms with Crippen molar-refractivity contribution in [3.63, 3.8) is 0 Å². The highest BCUT2D eigenvalue weighted by Gasteiger charge is 2.13. The van der Waals surface area contributed by atoms with E-state index in [0.717, 1.165) is 31.0 Å². The second kappa shape index (κ2) is 10.5. The van der Waals surface area contributed by atoms with Crippen molar-refractivity contribution in [1.29, 1.82) is 0 Å². The first kappa shape index (κ1) is 22.5. The molecule has 1 aromatic heterocycles. The van der Waals surface area contributed by atoms with Gasteiger partial charge in [0.25, 0.3) is 0 Å². The molecule has 0 aliphatic heterocycles. The molecule has 144 valence electrons. The van der Waals surface area contributed by atoms with Crippen LogP contribution in [0.25, 0.3) is 0 Å². The molecule has 26 heavy (non-hydrogen) atoms. The first-order valence-electron chi connectivity index (χ1n) is 8.93. The minimum atomic E-state index is 0. The van der Waals surface area contributed by atoms with Gasteiger partial charge in [-0.25, -0.2) is 0 Å². The van der Waals surface area contributed by atoms with Gasteiger partial charge in [-0.1, -0.05) is 24.3 Å². The predicted molar refractivity (Wildman–Crippen MR) is 121 cm³/mol. The van der Waals surface area contributed by atoms with Crippen LogP contribution in [-0.4, -0.2) is 35.4 Å². The fraction of sp³-hybridized carbons (Fsp3) is 0.500. The van der Waals surface area contributed by atoms with Crippen molar-refractivity contribution in [2.45, 2.75) is 46.6 Å². The Kier molecular flexibility index (Phi) is 9.12. The standard InChI is InChI=1S/C20H31N5.HI/c1-14-9-7-8-10-18(14)11-12-22-20(21-5)23-15(2)13-19-16(3)24-25(6)17(19)4;/h7-10,15H,11-13H2,1-6H3,(H2,21,22,23);1H. The fourth-order valence-corrected chi connectivity index (χ4v) is 3.10. The molecule has 1 atom stereocenters. The third kappa shape index (κ3) is 6.00. The third-order valence-corrected chi connectivity index (χ3v) is 4.72. The van der Waals surface area contributed by atoms with Crippen LogP contribution in [0.2, 0.25) is 0 Å². The van der Waals surface area contributed by atoms with E-state index in [2.05, 4.69) is 72.7 Å². The van der Waals surface area contributed by atoms with Gasteiger partial charge in [-0.2, -0.15) is 5.10 Å². The van der Waals surface area contributed by atoms with E-state index in [-0.39, 0.29) is 30.0 Å². The number of aliphatic imine (C=N–C) groups is 1. The van der Waals surface area contributed by atoms with Crippen molar-refractivity contribution < 1.29 is 0 Å². The van der Waals surface area contributed by atoms with Crippen LogP contribution in [0.4, 0.5) is 0 Å². The normalized spacial score (nSPS) is 12.5. The van der Waals surface area contributed by atoms with Gasteiger partial charge >= 0.3 is 0 Å². The smallest absolute Gasteiger partial charge is 0.191 e. The number of aromatic nitrogens is 2. The van der Waals surface area contributed by atoms with Gasteiger partial charge in [0.15, 0.2) is 5.96 Å². The highest BCUT2D eigenvalue weighted by atomic mass is 127. The number of hydrogen-bond donors (Lipinski definition) is 2. The zero-order valence-corrected chi connectivity index (χ0v) is 19.1. The van der Waals surface area contributed by atoms with Crippen molar-refractivity contribution in [2.75, 3.05) is 13.6 Å². The quantitative estimate of drug-likeness (QED) is 0.388. The van der Waals surface area contributed by atoms with Crippen molar-refractivity contribution >= 4 is 29.9 Å². The first-order chi connectivity index (χ1) is 11.9. The third-order valence-electron chi connectivity index (χ3n) is 4.72. The molecule has 0 aliphatic carbocycles. The molecule has 0 saturated carbocycles. The maximum Gasteiger partial charge on any atom is 0.191 e. The van der Waals surface area contributed by atoms with Crippen LogP contribution in [-0.2, 0) is 19.9 Å². The van der Waals surface area contributed by atoms with Crippen molar-refractivity contribution in [1.82, 2.24) is 20.4 Å². The summed E-state index contributed by atoms with van der Waals surface area (Å²) in [5.74, 6) is 0.847. The lowest BCUT2D eigenvalue weighted by atomic mass is 10.1. The van der Waals surface area contributed by atoms with Crippen LogP contribution >= 0.6 is 24.0 Å². The molecule has 2 N–H and O–H groups in total. The summed E-state index contributed by atoms with van der Waals surface area (Å²) >= 11 is 0. The maximum absolute atomic E-state index is 4.50. The Balaban J connectivity index is 0.00000338. The molecule has 2 aromatic rings. The number of hydrogen-bond acceptors (Lipinski definition) is 2. The monoisotopic (exact) mass is 469 g/mol. The van der Waals surface area contributed by atoms with Crippen LogP contribution in [0.3, 0.4) is 0 Å². The van der Waals surface area contributed by atoms with Gasteiger partial charge in [-0.05, 0) is 57.2 Å². The van der Waals surface area contributed by atoms with E-state index in [1.165, 1.54) is 22.4 Å². The summed E-state index contributed by atoms with van der Waals surface area (Å²) in [7, 11) is 3.81. The van der Waals surface area contributed by atoms with E-state index in [0.29, 0.717) is 0 Å². The molecule has 0 fully saturated rings. The Morgan fingerprint density at radius 3 is 2.50 bits per heavy atom. The topological polar surface area (TPSA) is 54.2 Å². The first-order valence-corrected chi connectivity index (χ1v) is 8.93. The summed E-state index contributed by atoms with van der Waals surface area (Å²) in [5.41, 5.74) is 6.37. The number of nitrogens with one attached hydrogen (secondary N) is 2. The summed E-state index contributed by atoms with van der Waals surface area (Å²) < 4.78 is 1.95. The van der Waals surface area contributed by atoms with Gasteiger partial charge in [-0.3, -0.25) is 9.67 Å². The van der Waals surface area contributed by atoms with Gasteiger partial charge in [0.1, 0.15) is 0 Å². The minimum Gasteiger partial charge on any atom is -0.356 e. The van der Waals surface area contributed by atoms with Gasteiger partial charge in [0.05, 0.1) is 5.69 Å². The van der Waals surface area contributed by atoms with E-state index >= 15 is 0 Å². The number of aryl methyl sites for hydroxylation is 3. The van der Waals surface area contributed by atoms with Gasteiger partial charge in [-0.15, -0.1) is 24.0 Å². The van der Waals surface area contributed by atoms with E-state index in [4.69, 9.17) is 0 Å². The van der Waals surface area contributed by atoms with E-state index in [9.17, 15) is 0 Å². The largest absolute Gasteiger partial charge is 0.356 e. The molecular formula is C20H32IN5. The summed E-state index contributed by atoms with van der Waals surface area (Å²) in [6, 6.07) is 8.80. The Hall–Kier alpha value is -1.57. The zero-order valence-electron chi connectivity index (χ0n) is 16.8. The highest BCUT2D eigenvalue weighted by molar-refractivity contribution is 14.0. The predicted octanol–water partition coefficient (Wildman–Crippen LogP) is 3.30. The molecule has 1 heterocycles. The van der Waals surface area contributed by atoms with E-state index in [1.54, 1.807) is 0 Å². The second-order valence-corrected chi connectivity index (χ2v) is 6.70. The zero-order chi connectivity index (χ0) is 18.4. The summed E-state index contributed by atoms with van der Waals surface area (Å²) in [4.78, 5) is 4.35. The SMILES string of the molecule is CN=C(NCCc1ccccc1C)NC(C)Cc1c(C)nn(C)c1C.I. The molecule has 1 aromatic carbocycles. The summed E-state index contributed by atoms with van der Waals surface area (Å²) in [6.07, 6.45) is 1.92. The molecule has 0 saturated heterocycles. The molecule has 6 heteroatoms. The van der Waals surface area contributed by atoms with Crippen LogP contribution in [0.1, 0.15) is 35.0 Å². The van der Waals surface area contributed by atoms with Crippen molar-refractivity contribution in [3.05, 3.63) is 52.3 Å². The Morgan fingerprint density at radius 2 is 1.92 bits per heavy atom. The summed E-state index contributed by atoms with van der Waals surface area (Å²) in [6.45, 7) is 9.40. The van der Waals surface area contributed by atoms with Gasteiger partial charge < -0.3 is 10.6 Å². The van der Waals surface area contributed by atoms with E-state index in [1.807, 2.05) is 18.8 Å². The van der Waals surface area contributed by atoms with Gasteiger partial charge in [0.2, 0.25) is 0 Å². The molecular weight excluding hydrogens is 437 g/mol. The average Bonchev–Trinajstić information content (AvgIpc) is 2.82. The van der Waals surface area contributed by atoms with Gasteiger partial charge in [0, 0.05) is 32.4 Å². The number of rotatable bonds is 6. The van der Waals surface area contributed by atoms with Crippen molar-refractivity contribution in [2.24, 2.45) is 12.0 Å². The van der Waals surface area contributed by atoms with Crippen LogP contribution in [0.15, 0.2) is 29.3 Å². The molecule has 0 bridgehead atoms. The maximum atomic E-state index is 4.50. The fourth-order valence-electron chi connectivity index (χ4n) is 3.10. The number of halogens is 1. The van der Waals surface area contributed by atoms with Crippen LogP contribution in [0.5, 0.6) is 0 Å². The van der Waals surface area contributed by atoms with E-state index < -0.39 is 0 Å². The number of nitrogens with zero attached hydrogens (tertiary/aromatic N) is 3. The average molecular weight is 469 g/mol. The molecule has 0 radical (unpaired) electrons. The molecule has 0 spiro atoms. The highest BCUT2D eigenvalue weighted by Crippen LogP contribution is 2.14. The van der Waals surface area contributed by atoms with Crippen LogP contribution < -0.4 is 10.6 Å². The lowest BCUT2D eigenvalue weighted by Gasteiger charge is -2.18. The molecule has 5 nitrogen and oxygen atoms in total. The second-order valence-electron chi connectivity index (χ2n) is 6.70. The minimum absolute atomic E-state index is 0. The number of guanidine groups is 1. The lowest BCUT2D eigenvalue weighted by Crippen LogP contribution is -2.43. The summed E-state index contributed by atoms with van der Waals surface area (Å²) in [5, 5.41) is 11.4. The molecule has 0 aliphatic rings. The molecule has 1 unspecified atom stereocenters.